The minimum atomic E-state index is -0.904. The molecule has 0 aromatic heterocycles. The Morgan fingerprint density at radius 1 is 1.20 bits per heavy atom. The molecule has 0 spiro atoms. The molecule has 5 heteroatoms. The van der Waals surface area contributed by atoms with Gasteiger partial charge in [-0.3, -0.25) is 4.79 Å². The Morgan fingerprint density at radius 2 is 1.90 bits per heavy atom. The average Bonchev–Trinajstić information content (AvgIpc) is 2.62. The molecule has 0 unspecified atom stereocenters. The minimum absolute atomic E-state index is 0.0939. The van der Waals surface area contributed by atoms with Gasteiger partial charge in [0.05, 0.1) is 18.2 Å². The lowest BCUT2D eigenvalue weighted by Crippen LogP contribution is -2.48. The monoisotopic (exact) mass is 279 g/mol. The molecule has 3 atom stereocenters. The maximum Gasteiger partial charge on any atom is 0.258 e. The molecule has 1 fully saturated rings. The number of aliphatic hydroxyl groups is 2. The van der Waals surface area contributed by atoms with E-state index in [1.165, 1.54) is 0 Å². The second-order valence-electron chi connectivity index (χ2n) is 5.12. The molecule has 0 bridgehead atoms. The molecule has 0 radical (unpaired) electrons. The third-order valence-electron chi connectivity index (χ3n) is 3.53. The van der Waals surface area contributed by atoms with Gasteiger partial charge in [-0.25, -0.2) is 0 Å². The minimum Gasteiger partial charge on any atom is -0.484 e. The highest BCUT2D eigenvalue weighted by molar-refractivity contribution is 5.77. The number of hydrogen-bond acceptors (Lipinski definition) is 4. The fourth-order valence-corrected chi connectivity index (χ4v) is 2.40. The number of ether oxygens (including phenoxy) is 1. The zero-order valence-corrected chi connectivity index (χ0v) is 11.4. The van der Waals surface area contributed by atoms with Crippen molar-refractivity contribution in [1.82, 2.24) is 5.32 Å². The second kappa shape index (κ2) is 7.26. The topological polar surface area (TPSA) is 78.8 Å². The predicted octanol–water partition coefficient (Wildman–Crippen LogP) is 0.846. The lowest BCUT2D eigenvalue weighted by Gasteiger charge is -2.24. The van der Waals surface area contributed by atoms with E-state index in [-0.39, 0.29) is 12.5 Å². The quantitative estimate of drug-likeness (QED) is 0.714. The van der Waals surface area contributed by atoms with Gasteiger partial charge in [0.1, 0.15) is 5.75 Å². The molecule has 2 rings (SSSR count). The van der Waals surface area contributed by atoms with Gasteiger partial charge in [-0.05, 0) is 25.0 Å². The first-order valence-corrected chi connectivity index (χ1v) is 7.00. The largest absolute Gasteiger partial charge is 0.484 e. The van der Waals surface area contributed by atoms with Crippen LogP contribution >= 0.6 is 0 Å². The Morgan fingerprint density at radius 3 is 2.65 bits per heavy atom. The lowest BCUT2D eigenvalue weighted by molar-refractivity contribution is -0.125. The van der Waals surface area contributed by atoms with Gasteiger partial charge in [-0.15, -0.1) is 0 Å². The molecular weight excluding hydrogens is 258 g/mol. The first-order valence-electron chi connectivity index (χ1n) is 7.00. The van der Waals surface area contributed by atoms with E-state index in [9.17, 15) is 15.0 Å². The van der Waals surface area contributed by atoms with Crippen molar-refractivity contribution in [3.05, 3.63) is 30.3 Å². The third kappa shape index (κ3) is 4.21. The molecule has 0 saturated heterocycles. The molecule has 1 amide bonds. The molecule has 3 N–H and O–H groups in total. The normalized spacial score (nSPS) is 26.6. The maximum absolute atomic E-state index is 11.8. The summed E-state index contributed by atoms with van der Waals surface area (Å²) in [7, 11) is 0. The molecule has 20 heavy (non-hydrogen) atoms. The second-order valence-corrected chi connectivity index (χ2v) is 5.12. The number of hydrogen-bond donors (Lipinski definition) is 3. The van der Waals surface area contributed by atoms with Crippen LogP contribution in [-0.4, -0.2) is 41.0 Å². The highest BCUT2D eigenvalue weighted by Crippen LogP contribution is 2.18. The molecule has 1 aliphatic rings. The van der Waals surface area contributed by atoms with Gasteiger partial charge in [-0.1, -0.05) is 31.0 Å². The van der Waals surface area contributed by atoms with Crippen molar-refractivity contribution in [2.24, 2.45) is 0 Å². The van der Waals surface area contributed by atoms with Crippen molar-refractivity contribution in [3.63, 3.8) is 0 Å². The highest BCUT2D eigenvalue weighted by atomic mass is 16.5. The summed E-state index contributed by atoms with van der Waals surface area (Å²) in [6, 6.07) is 8.68. The van der Waals surface area contributed by atoms with E-state index in [0.717, 1.165) is 12.8 Å². The number of aliphatic hydroxyl groups excluding tert-OH is 2. The van der Waals surface area contributed by atoms with Crippen LogP contribution in [-0.2, 0) is 4.79 Å². The van der Waals surface area contributed by atoms with Crippen molar-refractivity contribution in [2.45, 2.75) is 43.9 Å². The Balaban J connectivity index is 1.81. The number of benzene rings is 1. The summed E-state index contributed by atoms with van der Waals surface area (Å²) < 4.78 is 5.35. The van der Waals surface area contributed by atoms with E-state index < -0.39 is 18.2 Å². The van der Waals surface area contributed by atoms with Crippen LogP contribution in [0, 0.1) is 0 Å². The molecule has 1 aliphatic carbocycles. The first-order chi connectivity index (χ1) is 9.66. The standard InChI is InChI=1S/C15H21NO4/c17-13-9-5-4-8-12(15(13)19)16-14(18)10-20-11-6-2-1-3-7-11/h1-3,6-7,12-13,15,17,19H,4-5,8-10H2,(H,16,18)/t12-,13-,15-/m1/s1. The van der Waals surface area contributed by atoms with Crippen molar-refractivity contribution in [2.75, 3.05) is 6.61 Å². The third-order valence-corrected chi connectivity index (χ3v) is 3.53. The van der Waals surface area contributed by atoms with Crippen molar-refractivity contribution >= 4 is 5.91 Å². The van der Waals surface area contributed by atoms with Crippen LogP contribution in [0.4, 0.5) is 0 Å². The molecule has 0 heterocycles. The van der Waals surface area contributed by atoms with E-state index in [2.05, 4.69) is 5.32 Å². The number of para-hydroxylation sites is 1. The molecule has 1 saturated carbocycles. The van der Waals surface area contributed by atoms with Crippen LogP contribution in [0.5, 0.6) is 5.75 Å². The molecule has 0 aliphatic heterocycles. The van der Waals surface area contributed by atoms with E-state index in [1.807, 2.05) is 18.2 Å². The highest BCUT2D eigenvalue weighted by Gasteiger charge is 2.29. The fraction of sp³-hybridized carbons (Fsp3) is 0.533. The Hall–Kier alpha value is -1.59. The summed E-state index contributed by atoms with van der Waals surface area (Å²) in [4.78, 5) is 11.8. The summed E-state index contributed by atoms with van der Waals surface area (Å²) in [5.41, 5.74) is 0. The average molecular weight is 279 g/mol. The lowest BCUT2D eigenvalue weighted by atomic mass is 10.0. The Bertz CT molecular complexity index is 423. The van der Waals surface area contributed by atoms with Crippen LogP contribution in [0.25, 0.3) is 0 Å². The molecule has 1 aromatic carbocycles. The van der Waals surface area contributed by atoms with Gasteiger partial charge in [0.15, 0.2) is 6.61 Å². The number of carbonyl (C=O) groups is 1. The molecule has 110 valence electrons. The van der Waals surface area contributed by atoms with E-state index >= 15 is 0 Å². The zero-order valence-electron chi connectivity index (χ0n) is 11.4. The van der Waals surface area contributed by atoms with Crippen LogP contribution in [0.15, 0.2) is 30.3 Å². The molecule has 5 nitrogen and oxygen atoms in total. The van der Waals surface area contributed by atoms with Gasteiger partial charge < -0.3 is 20.3 Å². The Labute approximate surface area is 118 Å². The van der Waals surface area contributed by atoms with E-state index in [0.29, 0.717) is 18.6 Å². The first kappa shape index (κ1) is 14.8. The van der Waals surface area contributed by atoms with E-state index in [1.54, 1.807) is 12.1 Å². The Kier molecular flexibility index (Phi) is 5.38. The van der Waals surface area contributed by atoms with Gasteiger partial charge in [0.2, 0.25) is 0 Å². The summed E-state index contributed by atoms with van der Waals surface area (Å²) in [5.74, 6) is 0.344. The summed E-state index contributed by atoms with van der Waals surface area (Å²) in [6.07, 6.45) is 1.34. The van der Waals surface area contributed by atoms with Crippen molar-refractivity contribution < 1.29 is 19.7 Å². The molecule has 1 aromatic rings. The fourth-order valence-electron chi connectivity index (χ4n) is 2.40. The van der Waals surface area contributed by atoms with Gasteiger partial charge >= 0.3 is 0 Å². The van der Waals surface area contributed by atoms with Crippen LogP contribution in [0.3, 0.4) is 0 Å². The maximum atomic E-state index is 11.8. The van der Waals surface area contributed by atoms with Gasteiger partial charge in [0.25, 0.3) is 5.91 Å². The SMILES string of the molecule is O=C(COc1ccccc1)N[C@@H]1CCCC[C@@H](O)[C@@H]1O. The van der Waals surface area contributed by atoms with Crippen LogP contribution in [0.1, 0.15) is 25.7 Å². The van der Waals surface area contributed by atoms with Crippen LogP contribution < -0.4 is 10.1 Å². The zero-order chi connectivity index (χ0) is 14.4. The number of rotatable bonds is 4. The smallest absolute Gasteiger partial charge is 0.258 e. The predicted molar refractivity (Wildman–Crippen MR) is 74.3 cm³/mol. The van der Waals surface area contributed by atoms with E-state index in [4.69, 9.17) is 4.74 Å². The van der Waals surface area contributed by atoms with Gasteiger partial charge in [-0.2, -0.15) is 0 Å². The van der Waals surface area contributed by atoms with Gasteiger partial charge in [0, 0.05) is 0 Å². The number of amides is 1. The number of nitrogens with one attached hydrogen (secondary N) is 1. The summed E-state index contributed by atoms with van der Waals surface area (Å²) >= 11 is 0. The summed E-state index contributed by atoms with van der Waals surface area (Å²) in [6.45, 7) is -0.0939. The van der Waals surface area contributed by atoms with Crippen LogP contribution in [0.2, 0.25) is 0 Å². The van der Waals surface area contributed by atoms with Crippen molar-refractivity contribution in [1.29, 1.82) is 0 Å². The number of carbonyl (C=O) groups excluding carboxylic acids is 1. The van der Waals surface area contributed by atoms with Crippen molar-refractivity contribution in [3.8, 4) is 5.75 Å². The molecular formula is C15H21NO4. The summed E-state index contributed by atoms with van der Waals surface area (Å²) in [5, 5.41) is 22.4.